The third kappa shape index (κ3) is 7.47. The Labute approximate surface area is 284 Å². The van der Waals surface area contributed by atoms with Crippen LogP contribution in [0.15, 0.2) is 109 Å². The van der Waals surface area contributed by atoms with E-state index in [1.165, 1.54) is 0 Å². The zero-order valence-corrected chi connectivity index (χ0v) is 27.3. The number of likely N-dealkylation sites (N-methyl/N-ethyl adjacent to an activating group) is 1. The Hall–Kier alpha value is -5.94. The van der Waals surface area contributed by atoms with Crippen molar-refractivity contribution < 1.29 is 23.9 Å². The van der Waals surface area contributed by atoms with E-state index >= 15 is 0 Å². The van der Waals surface area contributed by atoms with Crippen LogP contribution in [0.25, 0.3) is 22.2 Å². The molecular formula is C38H38N6O5. The van der Waals surface area contributed by atoms with Gasteiger partial charge in [-0.15, -0.1) is 0 Å². The quantitative estimate of drug-likeness (QED) is 0.148. The summed E-state index contributed by atoms with van der Waals surface area (Å²) >= 11 is 0. The summed E-state index contributed by atoms with van der Waals surface area (Å²) in [5.74, 6) is -0.822. The molecule has 6 rings (SSSR count). The largest absolute Gasteiger partial charge is 0.431 e. The van der Waals surface area contributed by atoms with E-state index in [9.17, 15) is 19.2 Å². The number of likely N-dealkylation sites (tertiary alicyclic amines) is 1. The number of nitrogens with zero attached hydrogens (tertiary/aromatic N) is 2. The summed E-state index contributed by atoms with van der Waals surface area (Å²) < 4.78 is 5.09. The Bertz CT molecular complexity index is 1960. The van der Waals surface area contributed by atoms with Gasteiger partial charge in [0.05, 0.1) is 0 Å². The molecule has 1 aliphatic rings. The van der Waals surface area contributed by atoms with Crippen molar-refractivity contribution in [2.45, 2.75) is 31.0 Å². The summed E-state index contributed by atoms with van der Waals surface area (Å²) in [6, 6.07) is 32.1. The van der Waals surface area contributed by atoms with Crippen LogP contribution >= 0.6 is 0 Å². The molecule has 1 saturated heterocycles. The van der Waals surface area contributed by atoms with Crippen LogP contribution in [-0.2, 0) is 19.1 Å². The lowest BCUT2D eigenvalue weighted by Gasteiger charge is -2.31. The number of H-pyrrole nitrogens is 1. The second-order valence-electron chi connectivity index (χ2n) is 12.2. The molecule has 4 amide bonds. The number of fused-ring (bicyclic) bond motifs is 1. The number of nitrogens with two attached hydrogens (primary N) is 1. The number of carbonyl (C=O) groups is 4. The normalized spacial score (nSPS) is 15.5. The van der Waals surface area contributed by atoms with Crippen molar-refractivity contribution >= 4 is 46.1 Å². The number of hydrogen-bond donors (Lipinski definition) is 4. The number of amides is 4. The van der Waals surface area contributed by atoms with Crippen molar-refractivity contribution in [2.24, 2.45) is 5.73 Å². The van der Waals surface area contributed by atoms with E-state index in [1.807, 2.05) is 85.7 Å². The number of nitrogens with one attached hydrogen (secondary N) is 3. The number of rotatable bonds is 10. The Morgan fingerprint density at radius 1 is 0.837 bits per heavy atom. The van der Waals surface area contributed by atoms with Gasteiger partial charge in [-0.3, -0.25) is 19.3 Å². The lowest BCUT2D eigenvalue weighted by atomic mass is 10.0. The Kier molecular flexibility index (Phi) is 9.72. The van der Waals surface area contributed by atoms with Gasteiger partial charge in [0.25, 0.3) is 5.91 Å². The zero-order valence-electron chi connectivity index (χ0n) is 27.3. The lowest BCUT2D eigenvalue weighted by Crippen LogP contribution is -2.47. The van der Waals surface area contributed by atoms with E-state index in [-0.39, 0.29) is 11.8 Å². The number of hydrogen-bond acceptors (Lipinski definition) is 6. The van der Waals surface area contributed by atoms with Gasteiger partial charge in [-0.25, -0.2) is 4.79 Å². The molecule has 49 heavy (non-hydrogen) atoms. The van der Waals surface area contributed by atoms with Crippen LogP contribution < -0.4 is 16.4 Å². The summed E-state index contributed by atoms with van der Waals surface area (Å²) in [4.78, 5) is 58.7. The lowest BCUT2D eigenvalue weighted by molar-refractivity contribution is -0.140. The van der Waals surface area contributed by atoms with E-state index in [4.69, 9.17) is 10.5 Å². The van der Waals surface area contributed by atoms with Crippen molar-refractivity contribution in [3.63, 3.8) is 0 Å². The first-order chi connectivity index (χ1) is 23.7. The highest BCUT2D eigenvalue weighted by Gasteiger charge is 2.38. The van der Waals surface area contributed by atoms with E-state index < -0.39 is 30.2 Å². The van der Waals surface area contributed by atoms with Crippen molar-refractivity contribution in [3.8, 4) is 11.3 Å². The van der Waals surface area contributed by atoms with Crippen molar-refractivity contribution in [3.05, 3.63) is 120 Å². The van der Waals surface area contributed by atoms with Crippen LogP contribution in [0.1, 0.15) is 36.1 Å². The van der Waals surface area contributed by atoms with Gasteiger partial charge in [0.1, 0.15) is 12.1 Å². The third-order valence-corrected chi connectivity index (χ3v) is 8.63. The topological polar surface area (TPSA) is 150 Å². The molecule has 11 heteroatoms. The number of benzene rings is 4. The molecule has 1 aliphatic heterocycles. The maximum Gasteiger partial charge on any atom is 0.405 e. The first-order valence-electron chi connectivity index (χ1n) is 16.1. The number of primary amides is 1. The van der Waals surface area contributed by atoms with E-state index in [1.54, 1.807) is 47.4 Å². The van der Waals surface area contributed by atoms with Gasteiger partial charge in [0.2, 0.25) is 17.9 Å². The molecule has 0 unspecified atom stereocenters. The fourth-order valence-corrected chi connectivity index (χ4v) is 6.31. The van der Waals surface area contributed by atoms with Crippen LogP contribution in [0, 0.1) is 0 Å². The Balaban J connectivity index is 1.12. The Morgan fingerprint density at radius 2 is 1.49 bits per heavy atom. The summed E-state index contributed by atoms with van der Waals surface area (Å²) in [6.45, 7) is 0.533. The average molecular weight is 659 g/mol. The number of carbonyl (C=O) groups excluding carboxylic acids is 4. The minimum atomic E-state index is -1.19. The van der Waals surface area contributed by atoms with Gasteiger partial charge in [0, 0.05) is 40.1 Å². The van der Waals surface area contributed by atoms with Gasteiger partial charge in [-0.1, -0.05) is 72.8 Å². The molecule has 0 aliphatic carbocycles. The highest BCUT2D eigenvalue weighted by molar-refractivity contribution is 6.00. The third-order valence-electron chi connectivity index (χ3n) is 8.63. The molecule has 5 aromatic rings. The summed E-state index contributed by atoms with van der Waals surface area (Å²) in [5, 5.41) is 6.72. The fourth-order valence-electron chi connectivity index (χ4n) is 6.31. The number of aromatic nitrogens is 1. The Morgan fingerprint density at radius 3 is 2.14 bits per heavy atom. The molecule has 4 aromatic carbocycles. The standard InChI is InChI=1S/C38H38N6O5/c1-43(2)33(25-10-5-3-6-11-25)37(47)44-21-9-14-32(44)35(45)41-29-19-20-30-27(22-29)23-31(42-30)24-15-17-28(18-16-24)40-36(46)34(49-38(39)48)26-12-7-4-8-13-26/h3-8,10-13,15-20,22-23,32-34,42H,9,14,21H2,1-2H3,(H2,39,48)(H,40,46)(H,41,45)/t32-,33+,34-/m0/s1. The maximum absolute atomic E-state index is 13.7. The monoisotopic (exact) mass is 658 g/mol. The molecule has 2 heterocycles. The van der Waals surface area contributed by atoms with E-state index in [2.05, 4.69) is 15.6 Å². The minimum absolute atomic E-state index is 0.0832. The summed E-state index contributed by atoms with van der Waals surface area (Å²) in [6.07, 6.45) is -0.877. The predicted molar refractivity (Wildman–Crippen MR) is 188 cm³/mol. The van der Waals surface area contributed by atoms with Crippen LogP contribution in [0.4, 0.5) is 16.2 Å². The van der Waals surface area contributed by atoms with Crippen molar-refractivity contribution in [1.29, 1.82) is 0 Å². The molecule has 0 radical (unpaired) electrons. The second kappa shape index (κ2) is 14.4. The van der Waals surface area contributed by atoms with Crippen LogP contribution in [0.2, 0.25) is 0 Å². The van der Waals surface area contributed by atoms with Crippen LogP contribution in [0.3, 0.4) is 0 Å². The molecule has 0 spiro atoms. The van der Waals surface area contributed by atoms with Gasteiger partial charge < -0.3 is 31.0 Å². The van der Waals surface area contributed by atoms with Gasteiger partial charge in [-0.05, 0) is 74.5 Å². The van der Waals surface area contributed by atoms with Crippen LogP contribution in [-0.4, -0.2) is 65.3 Å². The van der Waals surface area contributed by atoms with Crippen molar-refractivity contribution in [1.82, 2.24) is 14.8 Å². The highest BCUT2D eigenvalue weighted by Crippen LogP contribution is 2.30. The van der Waals surface area contributed by atoms with Crippen LogP contribution in [0.5, 0.6) is 0 Å². The average Bonchev–Trinajstić information content (AvgIpc) is 3.76. The fraction of sp³-hybridized carbons (Fsp3) is 0.211. The van der Waals surface area contributed by atoms with E-state index in [0.717, 1.165) is 34.1 Å². The molecular weight excluding hydrogens is 620 g/mol. The molecule has 0 bridgehead atoms. The van der Waals surface area contributed by atoms with E-state index in [0.29, 0.717) is 29.9 Å². The molecule has 1 aromatic heterocycles. The molecule has 0 saturated carbocycles. The molecule has 3 atom stereocenters. The summed E-state index contributed by atoms with van der Waals surface area (Å²) in [5.41, 5.74) is 10.4. The maximum atomic E-state index is 13.7. The molecule has 250 valence electrons. The number of anilines is 2. The molecule has 11 nitrogen and oxygen atoms in total. The summed E-state index contributed by atoms with van der Waals surface area (Å²) in [7, 11) is 3.75. The number of aromatic amines is 1. The SMILES string of the molecule is CN(C)[C@@H](C(=O)N1CCC[C@H]1C(=O)Nc1ccc2[nH]c(-c3ccc(NC(=O)[C@@H](OC(N)=O)c4ccccc4)cc3)cc2c1)c1ccccc1. The minimum Gasteiger partial charge on any atom is -0.431 e. The van der Waals surface area contributed by atoms with Gasteiger partial charge in [-0.2, -0.15) is 0 Å². The zero-order chi connectivity index (χ0) is 34.5. The predicted octanol–water partition coefficient (Wildman–Crippen LogP) is 5.84. The van der Waals surface area contributed by atoms with Gasteiger partial charge >= 0.3 is 6.09 Å². The highest BCUT2D eigenvalue weighted by atomic mass is 16.6. The molecule has 1 fully saturated rings. The van der Waals surface area contributed by atoms with Crippen molar-refractivity contribution in [2.75, 3.05) is 31.3 Å². The smallest absolute Gasteiger partial charge is 0.405 e. The van der Waals surface area contributed by atoms with Gasteiger partial charge in [0.15, 0.2) is 0 Å². The second-order valence-corrected chi connectivity index (χ2v) is 12.2. The first-order valence-corrected chi connectivity index (χ1v) is 16.1. The molecule has 5 N–H and O–H groups in total. The number of ether oxygens (including phenoxy) is 1. The first kappa shape index (κ1) is 33.0.